The van der Waals surface area contributed by atoms with E-state index in [1.54, 1.807) is 18.7 Å². The fourth-order valence-corrected chi connectivity index (χ4v) is 3.41. The van der Waals surface area contributed by atoms with E-state index in [1.165, 1.54) is 4.80 Å². The third kappa shape index (κ3) is 3.60. The third-order valence-corrected chi connectivity index (χ3v) is 4.83. The number of hydrogen-bond donors (Lipinski definition) is 2. The quantitative estimate of drug-likeness (QED) is 0.767. The van der Waals surface area contributed by atoms with Crippen LogP contribution in [0.2, 0.25) is 0 Å². The normalized spacial score (nSPS) is 25.6. The van der Waals surface area contributed by atoms with Gasteiger partial charge in [0.25, 0.3) is 0 Å². The Kier molecular flexibility index (Phi) is 4.31. The monoisotopic (exact) mass is 343 g/mol. The standard InChI is InChI=1S/C16H21N7O2/c24-13-1-4-22(8-13)15-7-14(17-10-18-15)11-5-12(6-11)21-16(25)9-23-19-2-3-20-23/h2-3,7,10-13,24H,1,4-6,8-9H2,(H,21,25)/t11?,12?,13-/m0/s1. The van der Waals surface area contributed by atoms with E-state index < -0.39 is 0 Å². The number of aliphatic hydroxyl groups excluding tert-OH is 1. The Morgan fingerprint density at radius 3 is 2.80 bits per heavy atom. The molecular formula is C16H21N7O2. The van der Waals surface area contributed by atoms with Crippen LogP contribution >= 0.6 is 0 Å². The van der Waals surface area contributed by atoms with Crippen LogP contribution in [0.25, 0.3) is 0 Å². The number of β-amino-alcohol motifs (C(OH)–C–C–N with tert-alkyl or cyclic N) is 1. The van der Waals surface area contributed by atoms with E-state index in [4.69, 9.17) is 0 Å². The lowest BCUT2D eigenvalue weighted by Gasteiger charge is -2.35. The zero-order chi connectivity index (χ0) is 17.2. The van der Waals surface area contributed by atoms with Gasteiger partial charge in [-0.05, 0) is 19.3 Å². The van der Waals surface area contributed by atoms with E-state index >= 15 is 0 Å². The van der Waals surface area contributed by atoms with Gasteiger partial charge in [0, 0.05) is 36.8 Å². The van der Waals surface area contributed by atoms with Gasteiger partial charge in [0.2, 0.25) is 5.91 Å². The zero-order valence-corrected chi connectivity index (χ0v) is 13.8. The highest BCUT2D eigenvalue weighted by atomic mass is 16.3. The molecule has 0 aromatic carbocycles. The average Bonchev–Trinajstić information content (AvgIpc) is 3.22. The molecule has 1 atom stereocenters. The molecule has 1 aliphatic heterocycles. The molecule has 2 aliphatic rings. The van der Waals surface area contributed by atoms with Crippen LogP contribution in [0.4, 0.5) is 5.82 Å². The Bertz CT molecular complexity index is 730. The van der Waals surface area contributed by atoms with Gasteiger partial charge < -0.3 is 15.3 Å². The Balaban J connectivity index is 1.29. The summed E-state index contributed by atoms with van der Waals surface area (Å²) in [5, 5.41) is 20.5. The number of hydrogen-bond acceptors (Lipinski definition) is 7. The van der Waals surface area contributed by atoms with Gasteiger partial charge in [0.1, 0.15) is 18.7 Å². The van der Waals surface area contributed by atoms with Crippen LogP contribution in [-0.4, -0.2) is 61.2 Å². The fraction of sp³-hybridized carbons (Fsp3) is 0.562. The second-order valence-corrected chi connectivity index (χ2v) is 6.68. The second-order valence-electron chi connectivity index (χ2n) is 6.68. The van der Waals surface area contributed by atoms with Crippen molar-refractivity contribution >= 4 is 11.7 Å². The van der Waals surface area contributed by atoms with Crippen LogP contribution in [0, 0.1) is 0 Å². The van der Waals surface area contributed by atoms with Crippen molar-refractivity contribution in [3.05, 3.63) is 30.5 Å². The van der Waals surface area contributed by atoms with Gasteiger partial charge in [-0.15, -0.1) is 0 Å². The van der Waals surface area contributed by atoms with Crippen molar-refractivity contribution in [3.63, 3.8) is 0 Å². The maximum Gasteiger partial charge on any atom is 0.243 e. The first-order valence-electron chi connectivity index (χ1n) is 8.56. The van der Waals surface area contributed by atoms with E-state index in [1.807, 2.05) is 6.07 Å². The first-order valence-corrected chi connectivity index (χ1v) is 8.56. The number of carbonyl (C=O) groups excluding carboxylic acids is 1. The van der Waals surface area contributed by atoms with Crippen molar-refractivity contribution in [2.24, 2.45) is 0 Å². The van der Waals surface area contributed by atoms with Crippen molar-refractivity contribution in [2.75, 3.05) is 18.0 Å². The highest BCUT2D eigenvalue weighted by Crippen LogP contribution is 2.36. The summed E-state index contributed by atoms with van der Waals surface area (Å²) in [6, 6.07) is 2.18. The van der Waals surface area contributed by atoms with Crippen LogP contribution in [0.3, 0.4) is 0 Å². The molecule has 9 heteroatoms. The molecule has 2 aromatic rings. The molecule has 3 heterocycles. The number of nitrogens with one attached hydrogen (secondary N) is 1. The van der Waals surface area contributed by atoms with Gasteiger partial charge in [-0.2, -0.15) is 15.0 Å². The number of carbonyl (C=O) groups is 1. The Morgan fingerprint density at radius 2 is 2.08 bits per heavy atom. The minimum Gasteiger partial charge on any atom is -0.391 e. The van der Waals surface area contributed by atoms with Gasteiger partial charge in [0.05, 0.1) is 18.5 Å². The smallest absolute Gasteiger partial charge is 0.243 e. The molecule has 9 nitrogen and oxygen atoms in total. The van der Waals surface area contributed by atoms with E-state index in [-0.39, 0.29) is 24.6 Å². The number of rotatable bonds is 5. The molecule has 2 N–H and O–H groups in total. The van der Waals surface area contributed by atoms with E-state index in [2.05, 4.69) is 30.4 Å². The second kappa shape index (κ2) is 6.75. The first kappa shape index (κ1) is 15.9. The topological polar surface area (TPSA) is 109 Å². The molecule has 0 unspecified atom stereocenters. The third-order valence-electron chi connectivity index (χ3n) is 4.83. The molecule has 1 saturated carbocycles. The zero-order valence-electron chi connectivity index (χ0n) is 13.8. The van der Waals surface area contributed by atoms with Crippen molar-refractivity contribution in [2.45, 2.75) is 43.9 Å². The molecule has 0 radical (unpaired) electrons. The van der Waals surface area contributed by atoms with Crippen LogP contribution in [0.1, 0.15) is 30.9 Å². The largest absolute Gasteiger partial charge is 0.391 e. The number of amides is 1. The van der Waals surface area contributed by atoms with Gasteiger partial charge in [0.15, 0.2) is 0 Å². The minimum absolute atomic E-state index is 0.0749. The summed E-state index contributed by atoms with van der Waals surface area (Å²) in [6.45, 7) is 1.59. The number of aromatic nitrogens is 5. The Morgan fingerprint density at radius 1 is 1.28 bits per heavy atom. The van der Waals surface area contributed by atoms with Crippen molar-refractivity contribution in [1.29, 1.82) is 0 Å². The van der Waals surface area contributed by atoms with Crippen molar-refractivity contribution in [3.8, 4) is 0 Å². The number of nitrogens with zero attached hydrogens (tertiary/aromatic N) is 6. The van der Waals surface area contributed by atoms with E-state index in [0.29, 0.717) is 12.5 Å². The number of aliphatic hydroxyl groups is 1. The molecule has 25 heavy (non-hydrogen) atoms. The van der Waals surface area contributed by atoms with Crippen LogP contribution < -0.4 is 10.2 Å². The summed E-state index contributed by atoms with van der Waals surface area (Å²) in [6.07, 6.45) is 6.95. The molecule has 4 rings (SSSR count). The average molecular weight is 343 g/mol. The summed E-state index contributed by atoms with van der Waals surface area (Å²) in [4.78, 5) is 24.1. The van der Waals surface area contributed by atoms with Crippen molar-refractivity contribution in [1.82, 2.24) is 30.3 Å². The molecule has 2 fully saturated rings. The Labute approximate surface area is 145 Å². The van der Waals surface area contributed by atoms with E-state index in [9.17, 15) is 9.90 Å². The predicted molar refractivity (Wildman–Crippen MR) is 88.8 cm³/mol. The van der Waals surface area contributed by atoms with E-state index in [0.717, 1.165) is 37.3 Å². The Hall–Kier alpha value is -2.55. The molecule has 1 amide bonds. The molecule has 132 valence electrons. The lowest BCUT2D eigenvalue weighted by Crippen LogP contribution is -2.45. The lowest BCUT2D eigenvalue weighted by molar-refractivity contribution is -0.123. The first-order chi connectivity index (χ1) is 12.2. The highest BCUT2D eigenvalue weighted by molar-refractivity contribution is 5.76. The van der Waals surface area contributed by atoms with Gasteiger partial charge >= 0.3 is 0 Å². The summed E-state index contributed by atoms with van der Waals surface area (Å²) >= 11 is 0. The van der Waals surface area contributed by atoms with Crippen molar-refractivity contribution < 1.29 is 9.90 Å². The van der Waals surface area contributed by atoms with Crippen LogP contribution in [0.5, 0.6) is 0 Å². The molecule has 2 aromatic heterocycles. The summed E-state index contributed by atoms with van der Waals surface area (Å²) in [7, 11) is 0. The van der Waals surface area contributed by atoms with Crippen LogP contribution in [0.15, 0.2) is 24.8 Å². The number of anilines is 1. The summed E-state index contributed by atoms with van der Waals surface area (Å²) in [5.74, 6) is 1.13. The van der Waals surface area contributed by atoms with Crippen LogP contribution in [-0.2, 0) is 11.3 Å². The molecule has 0 bridgehead atoms. The maximum absolute atomic E-state index is 11.9. The van der Waals surface area contributed by atoms with Gasteiger partial charge in [-0.1, -0.05) is 0 Å². The molecular weight excluding hydrogens is 322 g/mol. The SMILES string of the molecule is O=C(Cn1nccn1)NC1CC(c2cc(N3CC[C@H](O)C3)ncn2)C1. The maximum atomic E-state index is 11.9. The highest BCUT2D eigenvalue weighted by Gasteiger charge is 2.33. The summed E-state index contributed by atoms with van der Waals surface area (Å²) in [5.41, 5.74) is 1.01. The summed E-state index contributed by atoms with van der Waals surface area (Å²) < 4.78 is 0. The van der Waals surface area contributed by atoms with Gasteiger partial charge in [-0.25, -0.2) is 9.97 Å². The molecule has 1 saturated heterocycles. The minimum atomic E-state index is -0.272. The predicted octanol–water partition coefficient (Wildman–Crippen LogP) is -0.298. The lowest BCUT2D eigenvalue weighted by atomic mass is 9.78. The van der Waals surface area contributed by atoms with Gasteiger partial charge in [-0.3, -0.25) is 4.79 Å². The fourth-order valence-electron chi connectivity index (χ4n) is 3.41. The molecule has 1 aliphatic carbocycles. The molecule has 0 spiro atoms.